The molecule has 1 atom stereocenters. The van der Waals surface area contributed by atoms with Crippen molar-refractivity contribution in [3.05, 3.63) is 35.1 Å². The SMILES string of the molecule is Cc1ccc2oc([C@H](O)CCl)c(C)c2c1. The first-order valence-corrected chi connectivity index (χ1v) is 5.40. The minimum Gasteiger partial charge on any atom is -0.458 e. The zero-order valence-corrected chi connectivity index (χ0v) is 9.51. The third kappa shape index (κ3) is 1.75. The van der Waals surface area contributed by atoms with Crippen LogP contribution in [-0.4, -0.2) is 11.0 Å². The van der Waals surface area contributed by atoms with Crippen LogP contribution < -0.4 is 0 Å². The second kappa shape index (κ2) is 3.87. The number of rotatable bonds is 2. The molecule has 1 aromatic heterocycles. The number of alkyl halides is 1. The molecular formula is C12H13ClO2. The van der Waals surface area contributed by atoms with Crippen molar-refractivity contribution in [3.63, 3.8) is 0 Å². The van der Waals surface area contributed by atoms with Crippen molar-refractivity contribution in [1.82, 2.24) is 0 Å². The van der Waals surface area contributed by atoms with Gasteiger partial charge < -0.3 is 9.52 Å². The molecule has 2 nitrogen and oxygen atoms in total. The molecule has 0 spiro atoms. The Bertz CT molecular complexity index is 488. The van der Waals surface area contributed by atoms with Crippen molar-refractivity contribution in [2.45, 2.75) is 20.0 Å². The van der Waals surface area contributed by atoms with E-state index in [4.69, 9.17) is 16.0 Å². The summed E-state index contributed by atoms with van der Waals surface area (Å²) in [5.41, 5.74) is 2.96. The highest BCUT2D eigenvalue weighted by molar-refractivity contribution is 6.18. The average molecular weight is 225 g/mol. The average Bonchev–Trinajstić information content (AvgIpc) is 2.55. The first-order chi connectivity index (χ1) is 7.13. The molecule has 2 aromatic rings. The van der Waals surface area contributed by atoms with E-state index in [0.29, 0.717) is 5.76 Å². The first-order valence-electron chi connectivity index (χ1n) is 4.87. The largest absolute Gasteiger partial charge is 0.458 e. The number of fused-ring (bicyclic) bond motifs is 1. The van der Waals surface area contributed by atoms with Crippen LogP contribution in [0.5, 0.6) is 0 Å². The predicted molar refractivity (Wildman–Crippen MR) is 61.4 cm³/mol. The van der Waals surface area contributed by atoms with E-state index in [1.54, 1.807) is 0 Å². The van der Waals surface area contributed by atoms with Gasteiger partial charge in [0.2, 0.25) is 0 Å². The molecule has 0 radical (unpaired) electrons. The molecule has 0 saturated heterocycles. The lowest BCUT2D eigenvalue weighted by atomic mass is 10.1. The number of hydrogen-bond donors (Lipinski definition) is 1. The molecule has 15 heavy (non-hydrogen) atoms. The third-order valence-corrected chi connectivity index (χ3v) is 2.87. The minimum atomic E-state index is -0.723. The van der Waals surface area contributed by atoms with Gasteiger partial charge in [0.15, 0.2) is 0 Å². The van der Waals surface area contributed by atoms with Crippen molar-refractivity contribution in [2.75, 3.05) is 5.88 Å². The molecule has 80 valence electrons. The lowest BCUT2D eigenvalue weighted by Crippen LogP contribution is -1.98. The predicted octanol–water partition coefficient (Wildman–Crippen LogP) is 3.32. The molecule has 0 aliphatic rings. The van der Waals surface area contributed by atoms with Gasteiger partial charge >= 0.3 is 0 Å². The van der Waals surface area contributed by atoms with E-state index in [0.717, 1.165) is 16.5 Å². The Morgan fingerprint density at radius 3 is 2.80 bits per heavy atom. The van der Waals surface area contributed by atoms with Gasteiger partial charge in [-0.3, -0.25) is 0 Å². The molecule has 0 amide bonds. The smallest absolute Gasteiger partial charge is 0.137 e. The lowest BCUT2D eigenvalue weighted by Gasteiger charge is -2.02. The summed E-state index contributed by atoms with van der Waals surface area (Å²) >= 11 is 5.61. The summed E-state index contributed by atoms with van der Waals surface area (Å²) < 4.78 is 5.57. The number of aliphatic hydroxyl groups excluding tert-OH is 1. The fourth-order valence-corrected chi connectivity index (χ4v) is 1.88. The van der Waals surface area contributed by atoms with Crippen LogP contribution in [0.1, 0.15) is 23.0 Å². The monoisotopic (exact) mass is 224 g/mol. The number of aliphatic hydroxyl groups is 1. The van der Waals surface area contributed by atoms with Crippen molar-refractivity contribution >= 4 is 22.6 Å². The summed E-state index contributed by atoms with van der Waals surface area (Å²) in [4.78, 5) is 0. The Hall–Kier alpha value is -0.990. The molecular weight excluding hydrogens is 212 g/mol. The summed E-state index contributed by atoms with van der Waals surface area (Å²) in [5.74, 6) is 0.727. The van der Waals surface area contributed by atoms with Crippen LogP contribution in [-0.2, 0) is 0 Å². The Labute approximate surface area is 93.5 Å². The molecule has 0 saturated carbocycles. The Morgan fingerprint density at radius 2 is 2.13 bits per heavy atom. The quantitative estimate of drug-likeness (QED) is 0.794. The Balaban J connectivity index is 2.64. The molecule has 1 N–H and O–H groups in total. The maximum absolute atomic E-state index is 9.65. The molecule has 0 unspecified atom stereocenters. The fourth-order valence-electron chi connectivity index (χ4n) is 1.74. The van der Waals surface area contributed by atoms with Gasteiger partial charge in [0.05, 0.1) is 5.88 Å². The summed E-state index contributed by atoms with van der Waals surface area (Å²) in [6.07, 6.45) is -0.723. The lowest BCUT2D eigenvalue weighted by molar-refractivity contribution is 0.174. The number of benzene rings is 1. The molecule has 1 aromatic carbocycles. The zero-order valence-electron chi connectivity index (χ0n) is 8.75. The number of hydrogen-bond acceptors (Lipinski definition) is 2. The van der Waals surface area contributed by atoms with Gasteiger partial charge in [0.1, 0.15) is 17.4 Å². The van der Waals surface area contributed by atoms with E-state index in [2.05, 4.69) is 6.07 Å². The molecule has 0 bridgehead atoms. The number of aryl methyl sites for hydroxylation is 2. The van der Waals surface area contributed by atoms with Crippen molar-refractivity contribution < 1.29 is 9.52 Å². The van der Waals surface area contributed by atoms with Gasteiger partial charge in [-0.05, 0) is 26.0 Å². The standard InChI is InChI=1S/C12H13ClO2/c1-7-3-4-11-9(5-7)8(2)12(15-11)10(14)6-13/h3-5,10,14H,6H2,1-2H3/t10-/m1/s1. The maximum Gasteiger partial charge on any atom is 0.137 e. The van der Waals surface area contributed by atoms with Crippen LogP contribution >= 0.6 is 11.6 Å². The van der Waals surface area contributed by atoms with Crippen LogP contribution in [0.2, 0.25) is 0 Å². The van der Waals surface area contributed by atoms with E-state index < -0.39 is 6.10 Å². The second-order valence-electron chi connectivity index (χ2n) is 3.76. The molecule has 0 fully saturated rings. The second-order valence-corrected chi connectivity index (χ2v) is 4.07. The van der Waals surface area contributed by atoms with E-state index in [9.17, 15) is 5.11 Å². The summed E-state index contributed by atoms with van der Waals surface area (Å²) in [6.45, 7) is 3.97. The maximum atomic E-state index is 9.65. The van der Waals surface area contributed by atoms with Crippen molar-refractivity contribution in [2.24, 2.45) is 0 Å². The minimum absolute atomic E-state index is 0.152. The Morgan fingerprint density at radius 1 is 1.40 bits per heavy atom. The van der Waals surface area contributed by atoms with E-state index in [-0.39, 0.29) is 5.88 Å². The first kappa shape index (κ1) is 10.5. The van der Waals surface area contributed by atoms with Crippen molar-refractivity contribution in [3.8, 4) is 0 Å². The highest BCUT2D eigenvalue weighted by atomic mass is 35.5. The van der Waals surface area contributed by atoms with Crippen LogP contribution in [0.4, 0.5) is 0 Å². The number of halogens is 1. The van der Waals surface area contributed by atoms with Crippen LogP contribution in [0.25, 0.3) is 11.0 Å². The zero-order chi connectivity index (χ0) is 11.0. The molecule has 1 heterocycles. The van der Waals surface area contributed by atoms with Crippen LogP contribution in [0.3, 0.4) is 0 Å². The van der Waals surface area contributed by atoms with Crippen molar-refractivity contribution in [1.29, 1.82) is 0 Å². The molecule has 2 rings (SSSR count). The normalized spacial score (nSPS) is 13.3. The van der Waals surface area contributed by atoms with Crippen LogP contribution in [0, 0.1) is 13.8 Å². The van der Waals surface area contributed by atoms with Gasteiger partial charge in [0.25, 0.3) is 0 Å². The molecule has 0 aliphatic carbocycles. The molecule has 0 aliphatic heterocycles. The van der Waals surface area contributed by atoms with Crippen LogP contribution in [0.15, 0.2) is 22.6 Å². The van der Waals surface area contributed by atoms with Gasteiger partial charge in [-0.25, -0.2) is 0 Å². The highest BCUT2D eigenvalue weighted by Gasteiger charge is 2.16. The van der Waals surface area contributed by atoms with Gasteiger partial charge in [-0.2, -0.15) is 0 Å². The van der Waals surface area contributed by atoms with E-state index in [1.165, 1.54) is 5.56 Å². The Kier molecular flexibility index (Phi) is 2.72. The van der Waals surface area contributed by atoms with Gasteiger partial charge in [0, 0.05) is 10.9 Å². The topological polar surface area (TPSA) is 33.4 Å². The summed E-state index contributed by atoms with van der Waals surface area (Å²) in [6, 6.07) is 5.96. The third-order valence-electron chi connectivity index (χ3n) is 2.58. The van der Waals surface area contributed by atoms with E-state index in [1.807, 2.05) is 26.0 Å². The van der Waals surface area contributed by atoms with Gasteiger partial charge in [-0.1, -0.05) is 11.6 Å². The highest BCUT2D eigenvalue weighted by Crippen LogP contribution is 2.30. The number of furan rings is 1. The van der Waals surface area contributed by atoms with E-state index >= 15 is 0 Å². The van der Waals surface area contributed by atoms with Gasteiger partial charge in [-0.15, -0.1) is 11.6 Å². The summed E-state index contributed by atoms with van der Waals surface area (Å²) in [7, 11) is 0. The summed E-state index contributed by atoms with van der Waals surface area (Å²) in [5, 5.41) is 10.7. The fraction of sp³-hybridized carbons (Fsp3) is 0.333. The molecule has 3 heteroatoms.